The van der Waals surface area contributed by atoms with Crippen molar-refractivity contribution in [3.05, 3.63) is 45.9 Å². The lowest BCUT2D eigenvalue weighted by Crippen LogP contribution is -2.48. The molecule has 0 atom stereocenters. The third-order valence-electron chi connectivity index (χ3n) is 4.78. The molecule has 1 aliphatic rings. The number of hydrogen-bond acceptors (Lipinski definition) is 6. The van der Waals surface area contributed by atoms with E-state index >= 15 is 0 Å². The number of hydrogen-bond donors (Lipinski definition) is 0. The number of aryl methyl sites for hydroxylation is 1. The van der Waals surface area contributed by atoms with E-state index in [4.69, 9.17) is 0 Å². The standard InChI is InChI=1S/C19H25N3O3S2/c1-3-18-20-15(14-26-18)13-21-9-11-22(12-10-21)19(23)16-7-5-6-8-17(16)27(24,25)4-2/h5-8,14H,3-4,9-13H2,1-2H3. The molecule has 1 amide bonds. The lowest BCUT2D eigenvalue weighted by Gasteiger charge is -2.34. The molecule has 3 rings (SSSR count). The first kappa shape index (κ1) is 20.0. The fraction of sp³-hybridized carbons (Fsp3) is 0.474. The maximum atomic E-state index is 12.9. The number of nitrogens with zero attached hydrogens (tertiary/aromatic N) is 3. The normalized spacial score (nSPS) is 15.9. The monoisotopic (exact) mass is 407 g/mol. The maximum Gasteiger partial charge on any atom is 0.255 e. The Bertz CT molecular complexity index is 900. The summed E-state index contributed by atoms with van der Waals surface area (Å²) in [4.78, 5) is 21.7. The van der Waals surface area contributed by atoms with Gasteiger partial charge in [-0.15, -0.1) is 11.3 Å². The molecule has 1 aromatic heterocycles. The van der Waals surface area contributed by atoms with Crippen LogP contribution in [0.3, 0.4) is 0 Å². The van der Waals surface area contributed by atoms with Gasteiger partial charge in [-0.2, -0.15) is 0 Å². The summed E-state index contributed by atoms with van der Waals surface area (Å²) in [5, 5.41) is 3.25. The largest absolute Gasteiger partial charge is 0.336 e. The van der Waals surface area contributed by atoms with E-state index in [1.165, 1.54) is 6.07 Å². The van der Waals surface area contributed by atoms with Crippen LogP contribution in [0.5, 0.6) is 0 Å². The summed E-state index contributed by atoms with van der Waals surface area (Å²) in [6.45, 7) is 7.18. The van der Waals surface area contributed by atoms with Gasteiger partial charge in [0.05, 0.1) is 26.9 Å². The molecule has 8 heteroatoms. The van der Waals surface area contributed by atoms with Crippen LogP contribution in [-0.2, 0) is 22.8 Å². The Labute approximate surface area is 164 Å². The first-order valence-corrected chi connectivity index (χ1v) is 11.7. The van der Waals surface area contributed by atoms with Gasteiger partial charge < -0.3 is 4.90 Å². The van der Waals surface area contributed by atoms with Crippen molar-refractivity contribution in [1.82, 2.24) is 14.8 Å². The minimum Gasteiger partial charge on any atom is -0.336 e. The number of rotatable bonds is 6. The minimum atomic E-state index is -3.43. The Balaban J connectivity index is 1.65. The molecule has 0 spiro atoms. The van der Waals surface area contributed by atoms with Gasteiger partial charge in [0.25, 0.3) is 5.91 Å². The number of carbonyl (C=O) groups excluding carboxylic acids is 1. The number of carbonyl (C=O) groups is 1. The lowest BCUT2D eigenvalue weighted by atomic mass is 10.1. The van der Waals surface area contributed by atoms with E-state index < -0.39 is 9.84 Å². The zero-order valence-electron chi connectivity index (χ0n) is 15.7. The summed E-state index contributed by atoms with van der Waals surface area (Å²) >= 11 is 1.69. The molecule has 1 aromatic carbocycles. The van der Waals surface area contributed by atoms with Gasteiger partial charge in [-0.1, -0.05) is 26.0 Å². The molecule has 0 N–H and O–H groups in total. The molecular formula is C19H25N3O3S2. The first-order chi connectivity index (χ1) is 12.9. The number of amides is 1. The third kappa shape index (κ3) is 4.56. The van der Waals surface area contributed by atoms with Crippen molar-refractivity contribution in [2.75, 3.05) is 31.9 Å². The summed E-state index contributed by atoms with van der Waals surface area (Å²) < 4.78 is 24.6. The third-order valence-corrected chi connectivity index (χ3v) is 7.61. The molecule has 6 nitrogen and oxygen atoms in total. The van der Waals surface area contributed by atoms with Crippen molar-refractivity contribution < 1.29 is 13.2 Å². The highest BCUT2D eigenvalue weighted by molar-refractivity contribution is 7.91. The molecule has 0 radical (unpaired) electrons. The zero-order chi connectivity index (χ0) is 19.4. The van der Waals surface area contributed by atoms with E-state index in [1.54, 1.807) is 41.4 Å². The van der Waals surface area contributed by atoms with E-state index in [1.807, 2.05) is 0 Å². The zero-order valence-corrected chi connectivity index (χ0v) is 17.4. The molecule has 0 unspecified atom stereocenters. The van der Waals surface area contributed by atoms with Gasteiger partial charge in [-0.25, -0.2) is 13.4 Å². The van der Waals surface area contributed by atoms with E-state index in [0.717, 1.165) is 36.8 Å². The molecule has 2 heterocycles. The summed E-state index contributed by atoms with van der Waals surface area (Å²) in [6, 6.07) is 6.51. The summed E-state index contributed by atoms with van der Waals surface area (Å²) in [6.07, 6.45) is 0.951. The Morgan fingerprint density at radius 3 is 2.48 bits per heavy atom. The lowest BCUT2D eigenvalue weighted by molar-refractivity contribution is 0.0623. The van der Waals surface area contributed by atoms with E-state index in [-0.39, 0.29) is 22.1 Å². The van der Waals surface area contributed by atoms with Gasteiger partial charge in [0, 0.05) is 38.1 Å². The van der Waals surface area contributed by atoms with Crippen LogP contribution in [0.4, 0.5) is 0 Å². The van der Waals surface area contributed by atoms with Gasteiger partial charge in [0.1, 0.15) is 0 Å². The number of piperazine rings is 1. The highest BCUT2D eigenvalue weighted by Crippen LogP contribution is 2.20. The van der Waals surface area contributed by atoms with Gasteiger partial charge in [0.2, 0.25) is 0 Å². The number of aromatic nitrogens is 1. The van der Waals surface area contributed by atoms with Crippen molar-refractivity contribution in [3.8, 4) is 0 Å². The van der Waals surface area contributed by atoms with E-state index in [0.29, 0.717) is 13.1 Å². The molecule has 0 saturated carbocycles. The second-order valence-electron chi connectivity index (χ2n) is 6.55. The molecule has 146 valence electrons. The molecule has 1 fully saturated rings. The van der Waals surface area contributed by atoms with Crippen LogP contribution in [0.25, 0.3) is 0 Å². The Morgan fingerprint density at radius 1 is 1.15 bits per heavy atom. The average molecular weight is 408 g/mol. The summed E-state index contributed by atoms with van der Waals surface area (Å²) in [7, 11) is -3.43. The predicted octanol–water partition coefficient (Wildman–Crippen LogP) is 2.46. The molecule has 1 saturated heterocycles. The van der Waals surface area contributed by atoms with Crippen molar-refractivity contribution in [2.45, 2.75) is 31.7 Å². The Morgan fingerprint density at radius 2 is 1.85 bits per heavy atom. The van der Waals surface area contributed by atoms with Crippen LogP contribution >= 0.6 is 11.3 Å². The molecule has 2 aromatic rings. The van der Waals surface area contributed by atoms with Crippen LogP contribution < -0.4 is 0 Å². The smallest absolute Gasteiger partial charge is 0.255 e. The summed E-state index contributed by atoms with van der Waals surface area (Å²) in [5.74, 6) is -0.220. The highest BCUT2D eigenvalue weighted by atomic mass is 32.2. The van der Waals surface area contributed by atoms with Crippen molar-refractivity contribution >= 4 is 27.1 Å². The Kier molecular flexibility index (Phi) is 6.29. The molecule has 0 aliphatic carbocycles. The SMILES string of the molecule is CCc1nc(CN2CCN(C(=O)c3ccccc3S(=O)(=O)CC)CC2)cs1. The van der Waals surface area contributed by atoms with Crippen LogP contribution in [0.2, 0.25) is 0 Å². The predicted molar refractivity (Wildman–Crippen MR) is 107 cm³/mol. The fourth-order valence-electron chi connectivity index (χ4n) is 3.16. The van der Waals surface area contributed by atoms with E-state index in [9.17, 15) is 13.2 Å². The van der Waals surface area contributed by atoms with Gasteiger partial charge in [-0.3, -0.25) is 9.69 Å². The molecule has 1 aliphatic heterocycles. The van der Waals surface area contributed by atoms with Crippen molar-refractivity contribution in [2.24, 2.45) is 0 Å². The second-order valence-corrected chi connectivity index (χ2v) is 9.74. The van der Waals surface area contributed by atoms with Gasteiger partial charge >= 0.3 is 0 Å². The second kappa shape index (κ2) is 8.50. The highest BCUT2D eigenvalue weighted by Gasteiger charge is 2.27. The fourth-order valence-corrected chi connectivity index (χ4v) is 4.99. The van der Waals surface area contributed by atoms with Gasteiger partial charge in [-0.05, 0) is 18.6 Å². The molecular weight excluding hydrogens is 382 g/mol. The Hall–Kier alpha value is -1.77. The van der Waals surface area contributed by atoms with Crippen molar-refractivity contribution in [3.63, 3.8) is 0 Å². The number of thiazole rings is 1. The van der Waals surface area contributed by atoms with Crippen LogP contribution in [-0.4, -0.2) is 61.0 Å². The van der Waals surface area contributed by atoms with Gasteiger partial charge in [0.15, 0.2) is 9.84 Å². The first-order valence-electron chi connectivity index (χ1n) is 9.21. The maximum absolute atomic E-state index is 12.9. The molecule has 0 bridgehead atoms. The van der Waals surface area contributed by atoms with Crippen LogP contribution in [0.1, 0.15) is 34.9 Å². The topological polar surface area (TPSA) is 70.6 Å². The molecule has 27 heavy (non-hydrogen) atoms. The average Bonchev–Trinajstić information content (AvgIpc) is 3.15. The number of benzene rings is 1. The van der Waals surface area contributed by atoms with E-state index in [2.05, 4.69) is 22.2 Å². The van der Waals surface area contributed by atoms with Crippen LogP contribution in [0.15, 0.2) is 34.5 Å². The minimum absolute atomic E-state index is 0.0154. The number of sulfone groups is 1. The van der Waals surface area contributed by atoms with Crippen molar-refractivity contribution in [1.29, 1.82) is 0 Å². The van der Waals surface area contributed by atoms with Crippen LogP contribution in [0, 0.1) is 0 Å². The quantitative estimate of drug-likeness (QED) is 0.736. The summed E-state index contributed by atoms with van der Waals surface area (Å²) in [5.41, 5.74) is 1.36.